The average Bonchev–Trinajstić information content (AvgIpc) is 2.20. The summed E-state index contributed by atoms with van der Waals surface area (Å²) in [5.41, 5.74) is -0.626. The Labute approximate surface area is 105 Å². The van der Waals surface area contributed by atoms with Crippen molar-refractivity contribution in [1.29, 1.82) is 0 Å². The van der Waals surface area contributed by atoms with Gasteiger partial charge in [-0.05, 0) is 27.2 Å². The highest BCUT2D eigenvalue weighted by Crippen LogP contribution is 2.08. The molecule has 0 aliphatic carbocycles. The Bertz CT molecular complexity index is 320. The predicted molar refractivity (Wildman–Crippen MR) is 62.0 cm³/mol. The number of nitrogens with one attached hydrogen (secondary N) is 1. The second kappa shape index (κ2) is 6.83. The summed E-state index contributed by atoms with van der Waals surface area (Å²) in [5, 5.41) is 11.2. The molecule has 0 spiro atoms. The van der Waals surface area contributed by atoms with Crippen molar-refractivity contribution in [3.8, 4) is 0 Å². The number of carbonyl (C=O) groups excluding carboxylic acids is 2. The molecule has 104 valence electrons. The summed E-state index contributed by atoms with van der Waals surface area (Å²) in [5.74, 6) is -3.41. The zero-order chi connectivity index (χ0) is 14.3. The standard InChI is InChI=1S/C11H19NO6/c1-11(2,3)18-10(16)12-6-5-7(8(13)14)9(15)17-4/h7H,5-6H2,1-4H3,(H,12,16)(H,13,14). The third-order valence-electron chi connectivity index (χ3n) is 1.89. The van der Waals surface area contributed by atoms with Crippen molar-refractivity contribution in [2.75, 3.05) is 13.7 Å². The van der Waals surface area contributed by atoms with Crippen molar-refractivity contribution in [2.45, 2.75) is 32.8 Å². The smallest absolute Gasteiger partial charge is 0.407 e. The molecule has 0 fully saturated rings. The fourth-order valence-corrected chi connectivity index (χ4v) is 1.12. The van der Waals surface area contributed by atoms with Gasteiger partial charge in [0.2, 0.25) is 0 Å². The van der Waals surface area contributed by atoms with Crippen LogP contribution in [0.3, 0.4) is 0 Å². The topological polar surface area (TPSA) is 102 Å². The largest absolute Gasteiger partial charge is 0.481 e. The van der Waals surface area contributed by atoms with E-state index < -0.39 is 29.6 Å². The normalized spacial score (nSPS) is 12.4. The van der Waals surface area contributed by atoms with E-state index in [1.807, 2.05) is 0 Å². The molecule has 7 heteroatoms. The molecule has 7 nitrogen and oxygen atoms in total. The van der Waals surface area contributed by atoms with Crippen molar-refractivity contribution < 1.29 is 29.0 Å². The van der Waals surface area contributed by atoms with E-state index in [1.165, 1.54) is 0 Å². The number of amides is 1. The number of ether oxygens (including phenoxy) is 2. The molecule has 18 heavy (non-hydrogen) atoms. The highest BCUT2D eigenvalue weighted by molar-refractivity contribution is 5.93. The summed E-state index contributed by atoms with van der Waals surface area (Å²) in [6.07, 6.45) is -0.710. The lowest BCUT2D eigenvalue weighted by atomic mass is 10.1. The van der Waals surface area contributed by atoms with E-state index in [0.29, 0.717) is 0 Å². The monoisotopic (exact) mass is 261 g/mol. The Hall–Kier alpha value is -1.79. The van der Waals surface area contributed by atoms with E-state index in [1.54, 1.807) is 20.8 Å². The van der Waals surface area contributed by atoms with Gasteiger partial charge in [-0.15, -0.1) is 0 Å². The molecule has 0 rings (SSSR count). The SMILES string of the molecule is COC(=O)C(CCNC(=O)OC(C)(C)C)C(=O)O. The number of hydrogen-bond donors (Lipinski definition) is 2. The second-order valence-corrected chi connectivity index (χ2v) is 4.63. The van der Waals surface area contributed by atoms with E-state index in [0.717, 1.165) is 7.11 Å². The fraction of sp³-hybridized carbons (Fsp3) is 0.727. The van der Waals surface area contributed by atoms with E-state index in [2.05, 4.69) is 10.1 Å². The van der Waals surface area contributed by atoms with Crippen LogP contribution in [0.25, 0.3) is 0 Å². The number of esters is 1. The molecule has 1 unspecified atom stereocenters. The molecule has 0 aromatic rings. The molecular formula is C11H19NO6. The number of carboxylic acid groups (broad SMARTS) is 1. The van der Waals surface area contributed by atoms with Crippen molar-refractivity contribution in [1.82, 2.24) is 5.32 Å². The molecule has 2 N–H and O–H groups in total. The quantitative estimate of drug-likeness (QED) is 0.560. The summed E-state index contributed by atoms with van der Waals surface area (Å²) < 4.78 is 9.30. The summed E-state index contributed by atoms with van der Waals surface area (Å²) in [6, 6.07) is 0. The molecule has 0 heterocycles. The fourth-order valence-electron chi connectivity index (χ4n) is 1.12. The van der Waals surface area contributed by atoms with Crippen LogP contribution in [0.5, 0.6) is 0 Å². The summed E-state index contributed by atoms with van der Waals surface area (Å²) >= 11 is 0. The lowest BCUT2D eigenvalue weighted by Crippen LogP contribution is -2.35. The number of hydrogen-bond acceptors (Lipinski definition) is 5. The number of carbonyl (C=O) groups is 3. The Balaban J connectivity index is 4.12. The van der Waals surface area contributed by atoms with Crippen LogP contribution < -0.4 is 5.32 Å². The number of rotatable bonds is 5. The minimum Gasteiger partial charge on any atom is -0.481 e. The van der Waals surface area contributed by atoms with Crippen LogP contribution in [-0.4, -0.2) is 42.4 Å². The predicted octanol–water partition coefficient (Wildman–Crippen LogP) is 0.775. The van der Waals surface area contributed by atoms with Gasteiger partial charge in [0.1, 0.15) is 5.60 Å². The van der Waals surface area contributed by atoms with Gasteiger partial charge in [-0.1, -0.05) is 0 Å². The summed E-state index contributed by atoms with van der Waals surface area (Å²) in [7, 11) is 1.11. The molecular weight excluding hydrogens is 242 g/mol. The van der Waals surface area contributed by atoms with Gasteiger partial charge >= 0.3 is 18.0 Å². The van der Waals surface area contributed by atoms with Gasteiger partial charge in [0.25, 0.3) is 0 Å². The molecule has 0 aromatic carbocycles. The first kappa shape index (κ1) is 16.2. The molecule has 1 atom stereocenters. The average molecular weight is 261 g/mol. The van der Waals surface area contributed by atoms with Gasteiger partial charge in [0.05, 0.1) is 7.11 Å². The van der Waals surface area contributed by atoms with Gasteiger partial charge < -0.3 is 19.9 Å². The number of alkyl carbamates (subject to hydrolysis) is 1. The van der Waals surface area contributed by atoms with Gasteiger partial charge in [0.15, 0.2) is 5.92 Å². The molecule has 0 radical (unpaired) electrons. The first-order valence-corrected chi connectivity index (χ1v) is 5.45. The maximum Gasteiger partial charge on any atom is 0.407 e. The minimum absolute atomic E-state index is 0.0149. The molecule has 0 aliphatic rings. The van der Waals surface area contributed by atoms with Crippen LogP contribution >= 0.6 is 0 Å². The van der Waals surface area contributed by atoms with Gasteiger partial charge in [0, 0.05) is 6.54 Å². The number of aliphatic carboxylic acids is 1. The van der Waals surface area contributed by atoms with Crippen molar-refractivity contribution in [3.63, 3.8) is 0 Å². The second-order valence-electron chi connectivity index (χ2n) is 4.63. The van der Waals surface area contributed by atoms with Crippen LogP contribution in [-0.2, 0) is 19.1 Å². The van der Waals surface area contributed by atoms with Crippen molar-refractivity contribution >= 4 is 18.0 Å². The highest BCUT2D eigenvalue weighted by atomic mass is 16.6. The zero-order valence-electron chi connectivity index (χ0n) is 11.0. The van der Waals surface area contributed by atoms with Gasteiger partial charge in [-0.25, -0.2) is 4.79 Å². The molecule has 0 bridgehead atoms. The van der Waals surface area contributed by atoms with Crippen LogP contribution in [0.2, 0.25) is 0 Å². The Morgan fingerprint density at radius 1 is 1.28 bits per heavy atom. The first-order valence-electron chi connectivity index (χ1n) is 5.45. The van der Waals surface area contributed by atoms with Gasteiger partial charge in [-0.2, -0.15) is 0 Å². The van der Waals surface area contributed by atoms with E-state index >= 15 is 0 Å². The minimum atomic E-state index is -1.29. The Morgan fingerprint density at radius 2 is 1.83 bits per heavy atom. The molecule has 0 saturated heterocycles. The molecule has 1 amide bonds. The van der Waals surface area contributed by atoms with Crippen LogP contribution in [0.1, 0.15) is 27.2 Å². The van der Waals surface area contributed by atoms with E-state index in [4.69, 9.17) is 9.84 Å². The highest BCUT2D eigenvalue weighted by Gasteiger charge is 2.27. The third kappa shape index (κ3) is 6.72. The van der Waals surface area contributed by atoms with Crippen LogP contribution in [0, 0.1) is 5.92 Å². The molecule has 0 aliphatic heterocycles. The molecule has 0 aromatic heterocycles. The van der Waals surface area contributed by atoms with Crippen molar-refractivity contribution in [2.24, 2.45) is 5.92 Å². The van der Waals surface area contributed by atoms with Crippen LogP contribution in [0.15, 0.2) is 0 Å². The number of methoxy groups -OCH3 is 1. The van der Waals surface area contributed by atoms with Gasteiger partial charge in [-0.3, -0.25) is 9.59 Å². The Morgan fingerprint density at radius 3 is 2.22 bits per heavy atom. The summed E-state index contributed by atoms with van der Waals surface area (Å²) in [6.45, 7) is 5.14. The Kier molecular flexibility index (Phi) is 6.15. The van der Waals surface area contributed by atoms with Crippen LogP contribution in [0.4, 0.5) is 4.79 Å². The third-order valence-corrected chi connectivity index (χ3v) is 1.89. The zero-order valence-corrected chi connectivity index (χ0v) is 11.0. The first-order chi connectivity index (χ1) is 8.17. The van der Waals surface area contributed by atoms with E-state index in [-0.39, 0.29) is 13.0 Å². The van der Waals surface area contributed by atoms with E-state index in [9.17, 15) is 14.4 Å². The van der Waals surface area contributed by atoms with Crippen molar-refractivity contribution in [3.05, 3.63) is 0 Å². The number of carboxylic acids is 1. The maximum absolute atomic E-state index is 11.3. The molecule has 0 saturated carbocycles. The maximum atomic E-state index is 11.3. The lowest BCUT2D eigenvalue weighted by molar-refractivity contribution is -0.157. The summed E-state index contributed by atoms with van der Waals surface area (Å²) in [4.78, 5) is 33.1. The lowest BCUT2D eigenvalue weighted by Gasteiger charge is -2.20.